The molecule has 0 radical (unpaired) electrons. The van der Waals surface area contributed by atoms with E-state index in [1.54, 1.807) is 24.3 Å². The molecule has 0 amide bonds. The summed E-state index contributed by atoms with van der Waals surface area (Å²) in [6, 6.07) is 8.49. The minimum Gasteiger partial charge on any atom is -0.507 e. The van der Waals surface area contributed by atoms with Gasteiger partial charge in [0.15, 0.2) is 18.0 Å². The fourth-order valence-electron chi connectivity index (χ4n) is 6.67. The van der Waals surface area contributed by atoms with Crippen LogP contribution in [0, 0.1) is 0 Å². The molecule has 3 fully saturated rings. The predicted molar refractivity (Wildman–Crippen MR) is 176 cm³/mol. The number of aromatic hydroxyl groups is 2. The first-order chi connectivity index (χ1) is 25.7. The Kier molecular flexibility index (Phi) is 12.1. The van der Waals surface area contributed by atoms with Crippen LogP contribution in [0.25, 0.3) is 22.3 Å². The molecule has 3 aliphatic heterocycles. The molecular weight excluding hydrogens is 728 g/mol. The van der Waals surface area contributed by atoms with Gasteiger partial charge in [0.25, 0.3) is 0 Å². The van der Waals surface area contributed by atoms with Gasteiger partial charge in [0.1, 0.15) is 113 Å². The zero-order valence-electron chi connectivity index (χ0n) is 28.4. The van der Waals surface area contributed by atoms with Crippen LogP contribution in [0.15, 0.2) is 45.6 Å². The van der Waals surface area contributed by atoms with E-state index in [2.05, 4.69) is 0 Å². The van der Waals surface area contributed by atoms with Gasteiger partial charge in [-0.2, -0.15) is 0 Å². The fraction of sp³-hybridized carbons (Fsp3) is 0.559. The molecule has 6 rings (SSSR count). The molecule has 3 aromatic rings. The molecular formula is C34H42O20. The van der Waals surface area contributed by atoms with E-state index in [1.165, 1.54) is 7.11 Å². The van der Waals surface area contributed by atoms with Crippen LogP contribution < -0.4 is 10.2 Å². The summed E-state index contributed by atoms with van der Waals surface area (Å²) < 4.78 is 39.1. The molecule has 20 heteroatoms. The van der Waals surface area contributed by atoms with E-state index in [0.29, 0.717) is 11.3 Å². The van der Waals surface area contributed by atoms with E-state index in [9.17, 15) is 66.1 Å². The normalized spacial score (nSPS) is 37.4. The summed E-state index contributed by atoms with van der Waals surface area (Å²) in [7, 11) is 1.47. The van der Waals surface area contributed by atoms with Crippen molar-refractivity contribution in [2.24, 2.45) is 0 Å². The topological polar surface area (TPSA) is 328 Å². The maximum Gasteiger partial charge on any atom is 0.197 e. The molecule has 20 nitrogen and oxygen atoms in total. The Morgan fingerprint density at radius 1 is 0.685 bits per heavy atom. The number of ether oxygens (including phenoxy) is 6. The standard InChI is InChI=1S/C34H42O20/c1-48-12-4-2-11(3-5-12)15-6-13(37)20-16(50-15)7-14(38)21(25(20)42)31-32(54-34-30(47)27(44)23(40)18(9-36)53-34)28(45)24(41)19(51-31)10-49-33-29(46)26(43)22(39)17(8-35)52-33/h2-7,17-19,22-24,26-36,38-47H,8-10H2,1H3/t17-,18-,19-,22-,23-,24-,26+,27+,28+,29-,30-,31+,32-,33-,34+/m1/s1. The summed E-state index contributed by atoms with van der Waals surface area (Å²) in [5.41, 5.74) is -1.21. The van der Waals surface area contributed by atoms with Crippen molar-refractivity contribution in [3.05, 3.63) is 52.2 Å². The first kappa shape index (κ1) is 40.1. The Labute approximate surface area is 304 Å². The second-order valence-corrected chi connectivity index (χ2v) is 13.1. The summed E-state index contributed by atoms with van der Waals surface area (Å²) in [5, 5.41) is 126. The third-order valence-corrected chi connectivity index (χ3v) is 9.77. The van der Waals surface area contributed by atoms with Gasteiger partial charge in [-0.3, -0.25) is 4.79 Å². The van der Waals surface area contributed by atoms with E-state index in [-0.39, 0.29) is 11.3 Å². The monoisotopic (exact) mass is 770 g/mol. The molecule has 3 saturated heterocycles. The summed E-state index contributed by atoms with van der Waals surface area (Å²) in [6.07, 6.45) is -27.1. The number of fused-ring (bicyclic) bond motifs is 1. The Hall–Kier alpha value is -3.55. The molecule has 2 aromatic carbocycles. The lowest BCUT2D eigenvalue weighted by molar-refractivity contribution is -0.348. The van der Waals surface area contributed by atoms with Gasteiger partial charge in [-0.15, -0.1) is 0 Å². The number of hydrogen-bond donors (Lipinski definition) is 12. The van der Waals surface area contributed by atoms with Crippen molar-refractivity contribution in [2.75, 3.05) is 26.9 Å². The van der Waals surface area contributed by atoms with Crippen LogP contribution >= 0.6 is 0 Å². The summed E-state index contributed by atoms with van der Waals surface area (Å²) in [6.45, 7) is -2.38. The van der Waals surface area contributed by atoms with Crippen molar-refractivity contribution >= 4 is 11.0 Å². The maximum absolute atomic E-state index is 13.5. The Morgan fingerprint density at radius 3 is 1.85 bits per heavy atom. The minimum atomic E-state index is -2.08. The largest absolute Gasteiger partial charge is 0.507 e. The lowest BCUT2D eigenvalue weighted by atomic mass is 9.89. The number of phenols is 2. The zero-order valence-corrected chi connectivity index (χ0v) is 28.4. The third kappa shape index (κ3) is 7.40. The van der Waals surface area contributed by atoms with Crippen LogP contribution in [0.5, 0.6) is 17.2 Å². The highest BCUT2D eigenvalue weighted by Crippen LogP contribution is 2.46. The van der Waals surface area contributed by atoms with Crippen molar-refractivity contribution in [2.45, 2.75) is 91.9 Å². The van der Waals surface area contributed by atoms with Gasteiger partial charge in [-0.25, -0.2) is 0 Å². The van der Waals surface area contributed by atoms with Gasteiger partial charge in [-0.1, -0.05) is 0 Å². The highest BCUT2D eigenvalue weighted by Gasteiger charge is 2.53. The van der Waals surface area contributed by atoms with E-state index < -0.39 is 140 Å². The molecule has 0 saturated carbocycles. The number of benzene rings is 2. The first-order valence-corrected chi connectivity index (χ1v) is 16.8. The quantitative estimate of drug-likeness (QED) is 0.0936. The predicted octanol–water partition coefficient (Wildman–Crippen LogP) is -3.96. The number of hydrogen-bond acceptors (Lipinski definition) is 20. The molecule has 0 unspecified atom stereocenters. The molecule has 298 valence electrons. The van der Waals surface area contributed by atoms with Crippen LogP contribution in [0.2, 0.25) is 0 Å². The second-order valence-electron chi connectivity index (χ2n) is 13.1. The van der Waals surface area contributed by atoms with Crippen LogP contribution in [0.3, 0.4) is 0 Å². The molecule has 4 heterocycles. The van der Waals surface area contributed by atoms with E-state index in [0.717, 1.165) is 12.1 Å². The number of aliphatic hydroxyl groups is 10. The van der Waals surface area contributed by atoms with Crippen molar-refractivity contribution in [1.82, 2.24) is 0 Å². The van der Waals surface area contributed by atoms with Crippen molar-refractivity contribution in [3.63, 3.8) is 0 Å². The summed E-state index contributed by atoms with van der Waals surface area (Å²) in [5.74, 6) is -1.10. The first-order valence-electron chi connectivity index (χ1n) is 16.8. The molecule has 1 aromatic heterocycles. The smallest absolute Gasteiger partial charge is 0.197 e. The van der Waals surface area contributed by atoms with Crippen molar-refractivity contribution in [1.29, 1.82) is 0 Å². The molecule has 12 N–H and O–H groups in total. The lowest BCUT2D eigenvalue weighted by Crippen LogP contribution is -2.63. The highest BCUT2D eigenvalue weighted by atomic mass is 16.7. The van der Waals surface area contributed by atoms with Crippen LogP contribution in [-0.4, -0.2) is 174 Å². The van der Waals surface area contributed by atoms with Gasteiger partial charge >= 0.3 is 0 Å². The Balaban J connectivity index is 1.37. The average Bonchev–Trinajstić information content (AvgIpc) is 3.16. The molecule has 0 bridgehead atoms. The van der Waals surface area contributed by atoms with Crippen molar-refractivity contribution in [3.8, 4) is 28.6 Å². The zero-order chi connectivity index (χ0) is 39.2. The van der Waals surface area contributed by atoms with E-state index in [1.807, 2.05) is 0 Å². The van der Waals surface area contributed by atoms with E-state index in [4.69, 9.17) is 32.8 Å². The maximum atomic E-state index is 13.5. The average molecular weight is 771 g/mol. The fourth-order valence-corrected chi connectivity index (χ4v) is 6.67. The number of rotatable bonds is 10. The van der Waals surface area contributed by atoms with Crippen molar-refractivity contribution < 1.29 is 94.1 Å². The van der Waals surface area contributed by atoms with Gasteiger partial charge < -0.3 is 94.1 Å². The molecule has 3 aliphatic rings. The van der Waals surface area contributed by atoms with Gasteiger partial charge in [0.2, 0.25) is 0 Å². The third-order valence-electron chi connectivity index (χ3n) is 9.77. The van der Waals surface area contributed by atoms with Crippen LogP contribution in [0.4, 0.5) is 0 Å². The molecule has 0 aliphatic carbocycles. The Bertz CT molecular complexity index is 1800. The number of aliphatic hydroxyl groups excluding tert-OH is 10. The molecule has 15 atom stereocenters. The van der Waals surface area contributed by atoms with Gasteiger partial charge in [0.05, 0.1) is 32.5 Å². The van der Waals surface area contributed by atoms with Crippen LogP contribution in [0.1, 0.15) is 11.7 Å². The number of methoxy groups -OCH3 is 1. The second kappa shape index (κ2) is 16.3. The highest BCUT2D eigenvalue weighted by molar-refractivity contribution is 5.88. The van der Waals surface area contributed by atoms with Gasteiger partial charge in [0, 0.05) is 17.7 Å². The Morgan fingerprint density at radius 2 is 1.26 bits per heavy atom. The lowest BCUT2D eigenvalue weighted by Gasteiger charge is -2.47. The summed E-state index contributed by atoms with van der Waals surface area (Å²) >= 11 is 0. The van der Waals surface area contributed by atoms with Crippen LogP contribution in [-0.2, 0) is 23.7 Å². The molecule has 0 spiro atoms. The minimum absolute atomic E-state index is 0.0587. The summed E-state index contributed by atoms with van der Waals surface area (Å²) in [4.78, 5) is 13.5. The number of phenolic OH excluding ortho intramolecular Hbond substituents is 2. The SMILES string of the molecule is COc1ccc(-c2cc(=O)c3c(O)c([C@@H]4O[C@H](CO[C@@H]5O[C@H](CO)[C@@H](O)[C@H](O)[C@H]5O)[C@@H](O)[C@H](O)[C@H]4O[C@@H]4O[C@H](CO)[C@@H](O)[C@H](O)[C@H]4O)c(O)cc3o2)cc1. The molecule has 54 heavy (non-hydrogen) atoms. The van der Waals surface area contributed by atoms with Gasteiger partial charge in [-0.05, 0) is 24.3 Å². The van der Waals surface area contributed by atoms with E-state index >= 15 is 0 Å².